The molecule has 4 aliphatic rings. The molecule has 1 aromatic carbocycles. The minimum Gasteiger partial charge on any atom is -0.312 e. The summed E-state index contributed by atoms with van der Waals surface area (Å²) in [5, 5.41) is 3.05. The van der Waals surface area contributed by atoms with Crippen LogP contribution in [0.1, 0.15) is 67.2 Å². The SMILES string of the molecule is Cc1cc2c(cc1CCS(=O)(=O)N1CCC3(CC1)N=C(C1CCCCC1)NC3=O)C=CC2. The molecule has 0 aromatic heterocycles. The summed E-state index contributed by atoms with van der Waals surface area (Å²) in [5.41, 5.74) is 4.03. The maximum absolute atomic E-state index is 13.1. The highest BCUT2D eigenvalue weighted by Crippen LogP contribution is 2.35. The molecular weight excluding hydrogens is 422 g/mol. The van der Waals surface area contributed by atoms with Gasteiger partial charge in [-0.1, -0.05) is 43.5 Å². The Balaban J connectivity index is 1.22. The zero-order valence-electron chi connectivity index (χ0n) is 18.9. The molecule has 0 unspecified atom stereocenters. The van der Waals surface area contributed by atoms with Crippen molar-refractivity contribution in [2.45, 2.75) is 70.3 Å². The van der Waals surface area contributed by atoms with Crippen molar-refractivity contribution in [2.24, 2.45) is 10.9 Å². The summed E-state index contributed by atoms with van der Waals surface area (Å²) in [6.07, 6.45) is 12.5. The number of carbonyl (C=O) groups is 1. The maximum Gasteiger partial charge on any atom is 0.253 e. The van der Waals surface area contributed by atoms with E-state index in [0.29, 0.717) is 38.3 Å². The van der Waals surface area contributed by atoms with E-state index in [-0.39, 0.29) is 11.7 Å². The molecule has 6 nitrogen and oxygen atoms in total. The second-order valence-electron chi connectivity index (χ2n) is 9.87. The summed E-state index contributed by atoms with van der Waals surface area (Å²) in [6.45, 7) is 2.79. The van der Waals surface area contributed by atoms with Crippen molar-refractivity contribution in [3.63, 3.8) is 0 Å². The predicted octanol–water partition coefficient (Wildman–Crippen LogP) is 3.38. The Morgan fingerprint density at radius 3 is 2.66 bits per heavy atom. The van der Waals surface area contributed by atoms with E-state index in [1.807, 2.05) is 0 Å². The van der Waals surface area contributed by atoms with Crippen LogP contribution in [-0.4, -0.2) is 48.8 Å². The Kier molecular flexibility index (Phi) is 5.74. The van der Waals surface area contributed by atoms with Gasteiger partial charge < -0.3 is 5.32 Å². The average molecular weight is 456 g/mol. The number of sulfonamides is 1. The predicted molar refractivity (Wildman–Crippen MR) is 127 cm³/mol. The molecule has 1 amide bonds. The number of benzene rings is 1. The highest BCUT2D eigenvalue weighted by molar-refractivity contribution is 7.89. The summed E-state index contributed by atoms with van der Waals surface area (Å²) in [6, 6.07) is 4.32. The molecule has 2 aliphatic carbocycles. The van der Waals surface area contributed by atoms with Gasteiger partial charge in [0.2, 0.25) is 10.0 Å². The lowest BCUT2D eigenvalue weighted by Crippen LogP contribution is -2.51. The van der Waals surface area contributed by atoms with Gasteiger partial charge in [0.15, 0.2) is 0 Å². The Bertz CT molecular complexity index is 1080. The monoisotopic (exact) mass is 455 g/mol. The number of aryl methyl sites for hydroxylation is 2. The lowest BCUT2D eigenvalue weighted by atomic mass is 9.88. The van der Waals surface area contributed by atoms with E-state index in [2.05, 4.69) is 36.5 Å². The number of nitrogens with one attached hydrogen (secondary N) is 1. The first-order valence-electron chi connectivity index (χ1n) is 12.0. The van der Waals surface area contributed by atoms with Gasteiger partial charge in [0, 0.05) is 19.0 Å². The summed E-state index contributed by atoms with van der Waals surface area (Å²) in [5.74, 6) is 1.29. The number of aliphatic imine (C=N–C) groups is 1. The molecule has 32 heavy (non-hydrogen) atoms. The number of carbonyl (C=O) groups excluding carboxylic acids is 1. The molecule has 2 aliphatic heterocycles. The van der Waals surface area contributed by atoms with Gasteiger partial charge in [0.1, 0.15) is 11.4 Å². The first-order valence-corrected chi connectivity index (χ1v) is 13.7. The van der Waals surface area contributed by atoms with Gasteiger partial charge in [-0.05, 0) is 67.7 Å². The van der Waals surface area contributed by atoms with Crippen molar-refractivity contribution >= 4 is 27.8 Å². The summed E-state index contributed by atoms with van der Waals surface area (Å²) in [7, 11) is -3.37. The van der Waals surface area contributed by atoms with E-state index >= 15 is 0 Å². The molecule has 2 heterocycles. The second-order valence-corrected chi connectivity index (χ2v) is 12.0. The summed E-state index contributed by atoms with van der Waals surface area (Å²) >= 11 is 0. The molecule has 172 valence electrons. The van der Waals surface area contributed by atoms with E-state index in [0.717, 1.165) is 36.2 Å². The minimum atomic E-state index is -3.37. The Morgan fingerprint density at radius 1 is 1.16 bits per heavy atom. The molecule has 1 spiro atoms. The van der Waals surface area contributed by atoms with Gasteiger partial charge in [0.05, 0.1) is 5.75 Å². The minimum absolute atomic E-state index is 0.0306. The molecule has 1 saturated carbocycles. The van der Waals surface area contributed by atoms with E-state index in [1.54, 1.807) is 4.31 Å². The number of hydrogen-bond acceptors (Lipinski definition) is 4. The van der Waals surface area contributed by atoms with Crippen LogP contribution < -0.4 is 5.32 Å². The van der Waals surface area contributed by atoms with Crippen LogP contribution >= 0.6 is 0 Å². The molecule has 7 heteroatoms. The smallest absolute Gasteiger partial charge is 0.253 e. The molecule has 1 N–H and O–H groups in total. The zero-order chi connectivity index (χ0) is 22.3. The van der Waals surface area contributed by atoms with Crippen LogP contribution in [0.25, 0.3) is 6.08 Å². The Hall–Kier alpha value is -1.99. The van der Waals surface area contributed by atoms with Crippen molar-refractivity contribution in [3.05, 3.63) is 40.5 Å². The van der Waals surface area contributed by atoms with Gasteiger partial charge in [-0.3, -0.25) is 9.79 Å². The van der Waals surface area contributed by atoms with Crippen LogP contribution in [0.4, 0.5) is 0 Å². The first kappa shape index (κ1) is 21.8. The summed E-state index contributed by atoms with van der Waals surface area (Å²) < 4.78 is 27.7. The third-order valence-electron chi connectivity index (χ3n) is 7.80. The normalized spacial score (nSPS) is 23.4. The standard InChI is InChI=1S/C25H33N3O3S/c1-18-16-21-8-5-9-22(21)17-20(18)10-15-32(30,31)28-13-11-25(12-14-28)24(29)26-23(27-25)19-6-3-2-4-7-19/h5,9,16-17,19H,2-4,6-8,10-15H2,1H3,(H,26,27,29). The van der Waals surface area contributed by atoms with Crippen molar-refractivity contribution in [1.82, 2.24) is 9.62 Å². The molecular formula is C25H33N3O3S. The third-order valence-corrected chi connectivity index (χ3v) is 9.67. The Morgan fingerprint density at radius 2 is 1.91 bits per heavy atom. The highest BCUT2D eigenvalue weighted by Gasteiger charge is 2.48. The van der Waals surface area contributed by atoms with Crippen molar-refractivity contribution in [3.8, 4) is 0 Å². The number of fused-ring (bicyclic) bond motifs is 1. The molecule has 0 radical (unpaired) electrons. The molecule has 1 saturated heterocycles. The van der Waals surface area contributed by atoms with E-state index in [4.69, 9.17) is 4.99 Å². The van der Waals surface area contributed by atoms with Crippen LogP contribution in [0.3, 0.4) is 0 Å². The number of hydrogen-bond donors (Lipinski definition) is 1. The van der Waals surface area contributed by atoms with Gasteiger partial charge in [0.25, 0.3) is 5.91 Å². The van der Waals surface area contributed by atoms with Crippen molar-refractivity contribution < 1.29 is 13.2 Å². The highest BCUT2D eigenvalue weighted by atomic mass is 32.2. The van der Waals surface area contributed by atoms with Gasteiger partial charge in [-0.2, -0.15) is 0 Å². The lowest BCUT2D eigenvalue weighted by molar-refractivity contribution is -0.125. The van der Waals surface area contributed by atoms with Gasteiger partial charge >= 0.3 is 0 Å². The fourth-order valence-electron chi connectivity index (χ4n) is 5.70. The number of amidine groups is 1. The van der Waals surface area contributed by atoms with E-state index in [9.17, 15) is 13.2 Å². The van der Waals surface area contributed by atoms with Crippen LogP contribution in [0.5, 0.6) is 0 Å². The molecule has 1 aromatic rings. The quantitative estimate of drug-likeness (QED) is 0.739. The average Bonchev–Trinajstić information content (AvgIpc) is 3.37. The molecule has 5 rings (SSSR count). The molecule has 0 atom stereocenters. The van der Waals surface area contributed by atoms with Gasteiger partial charge in [-0.25, -0.2) is 12.7 Å². The van der Waals surface area contributed by atoms with Crippen molar-refractivity contribution in [2.75, 3.05) is 18.8 Å². The zero-order valence-corrected chi connectivity index (χ0v) is 19.7. The topological polar surface area (TPSA) is 78.8 Å². The van der Waals surface area contributed by atoms with E-state index < -0.39 is 15.6 Å². The molecule has 2 fully saturated rings. The first-order chi connectivity index (χ1) is 15.4. The maximum atomic E-state index is 13.1. The largest absolute Gasteiger partial charge is 0.312 e. The van der Waals surface area contributed by atoms with E-state index in [1.165, 1.54) is 30.4 Å². The van der Waals surface area contributed by atoms with Crippen LogP contribution in [-0.2, 0) is 27.7 Å². The number of piperidine rings is 1. The number of allylic oxidation sites excluding steroid dienone is 1. The number of amides is 1. The molecule has 0 bridgehead atoms. The number of nitrogens with zero attached hydrogens (tertiary/aromatic N) is 2. The fourth-order valence-corrected chi connectivity index (χ4v) is 7.17. The summed E-state index contributed by atoms with van der Waals surface area (Å²) in [4.78, 5) is 17.7. The second kappa shape index (κ2) is 8.41. The van der Waals surface area contributed by atoms with Gasteiger partial charge in [-0.15, -0.1) is 0 Å². The van der Waals surface area contributed by atoms with Crippen molar-refractivity contribution in [1.29, 1.82) is 0 Å². The van der Waals surface area contributed by atoms with Crippen LogP contribution in [0, 0.1) is 12.8 Å². The Labute approximate surface area is 191 Å². The third kappa shape index (κ3) is 4.05. The van der Waals surface area contributed by atoms with Crippen LogP contribution in [0.15, 0.2) is 23.2 Å². The number of rotatable bonds is 5. The fraction of sp³-hybridized carbons (Fsp3) is 0.600. The lowest BCUT2D eigenvalue weighted by Gasteiger charge is -2.34. The van der Waals surface area contributed by atoms with Crippen LogP contribution in [0.2, 0.25) is 0 Å².